The Hall–Kier alpha value is -3.38. The van der Waals surface area contributed by atoms with Gasteiger partial charge in [-0.25, -0.2) is 0 Å². The van der Waals surface area contributed by atoms with Gasteiger partial charge in [0, 0.05) is 29.9 Å². The highest BCUT2D eigenvalue weighted by molar-refractivity contribution is 7.80. The Balaban J connectivity index is 2.04. The van der Waals surface area contributed by atoms with Crippen LogP contribution in [0.15, 0.2) is 53.4 Å². The van der Waals surface area contributed by atoms with Gasteiger partial charge in [0.1, 0.15) is 5.75 Å². The number of likely N-dealkylation sites (N-methyl/N-ethyl adjacent to an activating group) is 1. The molecule has 0 saturated heterocycles. The van der Waals surface area contributed by atoms with E-state index in [-0.39, 0.29) is 5.78 Å². The van der Waals surface area contributed by atoms with Crippen molar-refractivity contribution in [2.24, 2.45) is 0 Å². The normalized spacial score (nSPS) is 12.8. The minimum Gasteiger partial charge on any atom is -0.496 e. The van der Waals surface area contributed by atoms with Crippen molar-refractivity contribution in [1.82, 2.24) is 0 Å². The van der Waals surface area contributed by atoms with Gasteiger partial charge in [-0.15, -0.1) is 12.6 Å². The third-order valence-corrected chi connectivity index (χ3v) is 6.91. The molecule has 1 aliphatic heterocycles. The maximum absolute atomic E-state index is 14.0. The van der Waals surface area contributed by atoms with Crippen LogP contribution < -0.4 is 19.1 Å². The molecule has 0 fully saturated rings. The molecule has 5 rings (SSSR count). The van der Waals surface area contributed by atoms with Gasteiger partial charge in [-0.1, -0.05) is 30.3 Å². The molecule has 0 amide bonds. The van der Waals surface area contributed by atoms with Crippen LogP contribution in [0.3, 0.4) is 0 Å². The zero-order chi connectivity index (χ0) is 23.3. The van der Waals surface area contributed by atoms with E-state index < -0.39 is 0 Å². The van der Waals surface area contributed by atoms with E-state index in [1.54, 1.807) is 21.3 Å². The smallest absolute Gasteiger partial charge is 0.195 e. The van der Waals surface area contributed by atoms with Gasteiger partial charge < -0.3 is 19.1 Å². The van der Waals surface area contributed by atoms with Crippen LogP contribution in [0.2, 0.25) is 0 Å². The van der Waals surface area contributed by atoms with Crippen molar-refractivity contribution in [2.75, 3.05) is 39.8 Å². The minimum atomic E-state index is -0.0269. The predicted octanol–water partition coefficient (Wildman–Crippen LogP) is 5.53. The number of ether oxygens (including phenoxy) is 3. The van der Waals surface area contributed by atoms with Crippen LogP contribution in [0.25, 0.3) is 21.5 Å². The second-order valence-electron chi connectivity index (χ2n) is 8.18. The SMILES string of the molecule is COc1cc2c(C(=O)c3ccccc3)c3c4c(cc(OC)c(S)c4c2cc1OC)CCN3C. The first-order valence-electron chi connectivity index (χ1n) is 10.7. The molecule has 0 radical (unpaired) electrons. The third-order valence-electron chi connectivity index (χ3n) is 6.46. The molecule has 6 heteroatoms. The Morgan fingerprint density at radius 3 is 2.15 bits per heavy atom. The van der Waals surface area contributed by atoms with Gasteiger partial charge in [-0.3, -0.25) is 4.79 Å². The zero-order valence-corrected chi connectivity index (χ0v) is 20.0. The monoisotopic (exact) mass is 459 g/mol. The van der Waals surface area contributed by atoms with Gasteiger partial charge in [0.05, 0.1) is 37.5 Å². The number of nitrogens with zero attached hydrogens (tertiary/aromatic N) is 1. The molecule has 0 atom stereocenters. The van der Waals surface area contributed by atoms with E-state index in [4.69, 9.17) is 26.8 Å². The van der Waals surface area contributed by atoms with Crippen molar-refractivity contribution in [3.8, 4) is 17.2 Å². The van der Waals surface area contributed by atoms with E-state index in [1.165, 1.54) is 0 Å². The van der Waals surface area contributed by atoms with Gasteiger partial charge >= 0.3 is 0 Å². The van der Waals surface area contributed by atoms with Crippen molar-refractivity contribution < 1.29 is 19.0 Å². The number of ketones is 1. The summed E-state index contributed by atoms with van der Waals surface area (Å²) in [6, 6.07) is 15.3. The number of rotatable bonds is 5. The fraction of sp³-hybridized carbons (Fsp3) is 0.222. The molecule has 0 aliphatic carbocycles. The summed E-state index contributed by atoms with van der Waals surface area (Å²) < 4.78 is 16.9. The van der Waals surface area contributed by atoms with Crippen molar-refractivity contribution in [2.45, 2.75) is 11.3 Å². The summed E-state index contributed by atoms with van der Waals surface area (Å²) in [6.45, 7) is 0.797. The molecule has 5 nitrogen and oxygen atoms in total. The summed E-state index contributed by atoms with van der Waals surface area (Å²) in [7, 11) is 6.91. The Kier molecular flexibility index (Phi) is 5.33. The second-order valence-corrected chi connectivity index (χ2v) is 8.63. The molecule has 4 aromatic rings. The van der Waals surface area contributed by atoms with E-state index in [9.17, 15) is 4.79 Å². The fourth-order valence-corrected chi connectivity index (χ4v) is 5.27. The third kappa shape index (κ3) is 3.20. The molecule has 0 spiro atoms. The number of hydrogen-bond acceptors (Lipinski definition) is 6. The lowest BCUT2D eigenvalue weighted by Crippen LogP contribution is -2.27. The molecule has 0 saturated carbocycles. The largest absolute Gasteiger partial charge is 0.496 e. The first-order valence-corrected chi connectivity index (χ1v) is 11.2. The molecule has 168 valence electrons. The molecule has 4 aromatic carbocycles. The van der Waals surface area contributed by atoms with E-state index >= 15 is 0 Å². The molecule has 33 heavy (non-hydrogen) atoms. The lowest BCUT2D eigenvalue weighted by atomic mass is 9.85. The second kappa shape index (κ2) is 8.19. The number of methoxy groups -OCH3 is 3. The topological polar surface area (TPSA) is 48.0 Å². The lowest BCUT2D eigenvalue weighted by molar-refractivity contribution is 0.104. The molecule has 0 aromatic heterocycles. The van der Waals surface area contributed by atoms with Gasteiger partial charge in [0.2, 0.25) is 0 Å². The van der Waals surface area contributed by atoms with Crippen LogP contribution in [0.1, 0.15) is 21.5 Å². The standard InChI is InChI=1S/C27H25NO4S/c1-28-11-10-16-12-21(32-4)27(33)23-17-13-19(30-2)20(31-3)14-18(17)24(25(28)22(16)23)26(29)15-8-6-5-7-9-15/h5-9,12-14,33H,10-11H2,1-4H3. The Morgan fingerprint density at radius 2 is 1.52 bits per heavy atom. The highest BCUT2D eigenvalue weighted by Gasteiger charge is 2.30. The quantitative estimate of drug-likeness (QED) is 0.242. The molecule has 1 heterocycles. The van der Waals surface area contributed by atoms with Gasteiger partial charge in [0.15, 0.2) is 17.3 Å². The van der Waals surface area contributed by atoms with E-state index in [0.29, 0.717) is 22.6 Å². The van der Waals surface area contributed by atoms with E-state index in [0.717, 1.165) is 56.4 Å². The summed E-state index contributed by atoms with van der Waals surface area (Å²) in [4.78, 5) is 16.9. The summed E-state index contributed by atoms with van der Waals surface area (Å²) in [5.41, 5.74) is 3.36. The van der Waals surface area contributed by atoms with Crippen LogP contribution in [-0.2, 0) is 6.42 Å². The number of benzene rings is 4. The van der Waals surface area contributed by atoms with Crippen molar-refractivity contribution in [3.05, 3.63) is 65.2 Å². The van der Waals surface area contributed by atoms with Crippen LogP contribution >= 0.6 is 12.6 Å². The van der Waals surface area contributed by atoms with Gasteiger partial charge in [0.25, 0.3) is 0 Å². The summed E-state index contributed by atoms with van der Waals surface area (Å²) in [5, 5.41) is 3.67. The minimum absolute atomic E-state index is 0.0269. The Bertz CT molecular complexity index is 1420. The number of carbonyl (C=O) groups excluding carboxylic acids is 1. The molecule has 0 bridgehead atoms. The molecule has 0 unspecified atom stereocenters. The first-order chi connectivity index (χ1) is 16.0. The predicted molar refractivity (Wildman–Crippen MR) is 135 cm³/mol. The zero-order valence-electron chi connectivity index (χ0n) is 19.1. The molecular weight excluding hydrogens is 434 g/mol. The highest BCUT2D eigenvalue weighted by atomic mass is 32.1. The number of carbonyl (C=O) groups is 1. The highest BCUT2D eigenvalue weighted by Crippen LogP contribution is 2.49. The summed E-state index contributed by atoms with van der Waals surface area (Å²) in [6.07, 6.45) is 0.849. The summed E-state index contributed by atoms with van der Waals surface area (Å²) in [5.74, 6) is 1.86. The Labute approximate surface area is 198 Å². The van der Waals surface area contributed by atoms with Crippen LogP contribution in [0.4, 0.5) is 5.69 Å². The van der Waals surface area contributed by atoms with Crippen LogP contribution in [-0.4, -0.2) is 40.7 Å². The first kappa shape index (κ1) is 21.5. The number of fused-ring (bicyclic) bond motifs is 2. The molecule has 1 aliphatic rings. The number of hydrogen-bond donors (Lipinski definition) is 1. The lowest BCUT2D eigenvalue weighted by Gasteiger charge is -2.32. The van der Waals surface area contributed by atoms with Crippen molar-refractivity contribution in [1.29, 1.82) is 0 Å². The summed E-state index contributed by atoms with van der Waals surface area (Å²) >= 11 is 4.87. The van der Waals surface area contributed by atoms with Gasteiger partial charge in [-0.2, -0.15) is 0 Å². The molecular formula is C27H25NO4S. The average molecular weight is 460 g/mol. The fourth-order valence-electron chi connectivity index (χ4n) is 4.88. The number of thiol groups is 1. The van der Waals surface area contributed by atoms with Gasteiger partial charge in [-0.05, 0) is 41.0 Å². The Morgan fingerprint density at radius 1 is 0.879 bits per heavy atom. The van der Waals surface area contributed by atoms with Crippen LogP contribution in [0, 0.1) is 0 Å². The average Bonchev–Trinajstić information content (AvgIpc) is 2.85. The van der Waals surface area contributed by atoms with Crippen molar-refractivity contribution >= 4 is 45.6 Å². The number of anilines is 1. The van der Waals surface area contributed by atoms with Crippen LogP contribution in [0.5, 0.6) is 17.2 Å². The van der Waals surface area contributed by atoms with Crippen molar-refractivity contribution in [3.63, 3.8) is 0 Å². The van der Waals surface area contributed by atoms with E-state index in [1.807, 2.05) is 55.6 Å². The van der Waals surface area contributed by atoms with E-state index in [2.05, 4.69) is 4.90 Å². The maximum atomic E-state index is 14.0. The molecule has 0 N–H and O–H groups in total. The maximum Gasteiger partial charge on any atom is 0.195 e.